The van der Waals surface area contributed by atoms with Crippen molar-refractivity contribution in [3.63, 3.8) is 0 Å². The van der Waals surface area contributed by atoms with Gasteiger partial charge in [0, 0.05) is 5.69 Å². The van der Waals surface area contributed by atoms with Gasteiger partial charge in [-0.25, -0.2) is 9.59 Å². The lowest BCUT2D eigenvalue weighted by molar-refractivity contribution is -0.152. The fourth-order valence-electron chi connectivity index (χ4n) is 1.07. The number of esters is 1. The maximum atomic E-state index is 11.2. The number of benzene rings is 1. The van der Waals surface area contributed by atoms with Crippen LogP contribution in [0.4, 0.5) is 5.69 Å². The van der Waals surface area contributed by atoms with E-state index in [1.807, 2.05) is 0 Å². The average Bonchev–Trinajstić information content (AvgIpc) is 2.30. The van der Waals surface area contributed by atoms with Crippen LogP contribution < -0.4 is 5.32 Å². The fraction of sp³-hybridized carbons (Fsp3) is 0.182. The summed E-state index contributed by atoms with van der Waals surface area (Å²) in [5.74, 6) is -2.93. The van der Waals surface area contributed by atoms with Gasteiger partial charge in [-0.3, -0.25) is 4.79 Å². The Labute approximate surface area is 97.2 Å². The number of carboxylic acid groups (broad SMARTS) is 1. The number of nitrogens with one attached hydrogen (secondary N) is 1. The Bertz CT molecular complexity index is 438. The van der Waals surface area contributed by atoms with E-state index in [1.165, 1.54) is 24.3 Å². The van der Waals surface area contributed by atoms with Gasteiger partial charge in [0.05, 0.1) is 12.2 Å². The molecule has 1 amide bonds. The van der Waals surface area contributed by atoms with Crippen LogP contribution in [0, 0.1) is 0 Å². The van der Waals surface area contributed by atoms with Crippen molar-refractivity contribution in [2.45, 2.75) is 6.92 Å². The zero-order chi connectivity index (χ0) is 12.8. The van der Waals surface area contributed by atoms with Gasteiger partial charge in [0.15, 0.2) is 0 Å². The smallest absolute Gasteiger partial charge is 0.397 e. The minimum Gasteiger partial charge on any atom is -0.478 e. The number of rotatable bonds is 3. The minimum atomic E-state index is -1.06. The summed E-state index contributed by atoms with van der Waals surface area (Å²) >= 11 is 0. The standard InChI is InChI=1S/C11H11NO5/c1-2-17-11(16)9(13)12-8-5-3-7(4-6-8)10(14)15/h3-6H,2H2,1H3,(H,12,13)(H,14,15). The summed E-state index contributed by atoms with van der Waals surface area (Å²) in [4.78, 5) is 32.8. The van der Waals surface area contributed by atoms with Crippen LogP contribution >= 0.6 is 0 Å². The van der Waals surface area contributed by atoms with Crippen LogP contribution in [0.15, 0.2) is 24.3 Å². The van der Waals surface area contributed by atoms with E-state index in [1.54, 1.807) is 6.92 Å². The second-order valence-electron chi connectivity index (χ2n) is 3.06. The first-order valence-electron chi connectivity index (χ1n) is 4.86. The molecular formula is C11H11NO5. The number of carboxylic acids is 1. The van der Waals surface area contributed by atoms with Crippen molar-refractivity contribution in [1.29, 1.82) is 0 Å². The molecule has 0 aliphatic carbocycles. The Morgan fingerprint density at radius 3 is 2.29 bits per heavy atom. The molecule has 1 rings (SSSR count). The number of carbonyl (C=O) groups excluding carboxylic acids is 2. The predicted molar refractivity (Wildman–Crippen MR) is 58.7 cm³/mol. The topological polar surface area (TPSA) is 92.7 Å². The molecular weight excluding hydrogens is 226 g/mol. The molecule has 0 saturated heterocycles. The lowest BCUT2D eigenvalue weighted by atomic mass is 10.2. The molecule has 0 radical (unpaired) electrons. The molecule has 6 heteroatoms. The van der Waals surface area contributed by atoms with Crippen LogP contribution in [0.25, 0.3) is 0 Å². The van der Waals surface area contributed by atoms with Gasteiger partial charge < -0.3 is 15.2 Å². The largest absolute Gasteiger partial charge is 0.478 e. The lowest BCUT2D eigenvalue weighted by Crippen LogP contribution is -2.24. The normalized spacial score (nSPS) is 9.47. The summed E-state index contributed by atoms with van der Waals surface area (Å²) < 4.78 is 4.49. The van der Waals surface area contributed by atoms with E-state index in [0.29, 0.717) is 5.69 Å². The van der Waals surface area contributed by atoms with Crippen molar-refractivity contribution < 1.29 is 24.2 Å². The van der Waals surface area contributed by atoms with Crippen molar-refractivity contribution in [1.82, 2.24) is 0 Å². The molecule has 0 fully saturated rings. The Hall–Kier alpha value is -2.37. The lowest BCUT2D eigenvalue weighted by Gasteiger charge is -2.04. The Morgan fingerprint density at radius 2 is 1.82 bits per heavy atom. The zero-order valence-electron chi connectivity index (χ0n) is 9.10. The van der Waals surface area contributed by atoms with E-state index in [2.05, 4.69) is 10.1 Å². The monoisotopic (exact) mass is 237 g/mol. The summed E-state index contributed by atoms with van der Waals surface area (Å²) in [7, 11) is 0. The van der Waals surface area contributed by atoms with Crippen molar-refractivity contribution in [3.8, 4) is 0 Å². The van der Waals surface area contributed by atoms with Crippen molar-refractivity contribution in [3.05, 3.63) is 29.8 Å². The van der Waals surface area contributed by atoms with Gasteiger partial charge in [-0.15, -0.1) is 0 Å². The van der Waals surface area contributed by atoms with Crippen LogP contribution in [0.5, 0.6) is 0 Å². The molecule has 0 atom stereocenters. The van der Waals surface area contributed by atoms with E-state index in [-0.39, 0.29) is 12.2 Å². The number of aromatic carboxylic acids is 1. The third-order valence-corrected chi connectivity index (χ3v) is 1.85. The van der Waals surface area contributed by atoms with E-state index >= 15 is 0 Å². The quantitative estimate of drug-likeness (QED) is 0.601. The first-order valence-corrected chi connectivity index (χ1v) is 4.86. The van der Waals surface area contributed by atoms with Crippen molar-refractivity contribution in [2.24, 2.45) is 0 Å². The maximum Gasteiger partial charge on any atom is 0.397 e. The predicted octanol–water partition coefficient (Wildman–Crippen LogP) is 0.886. The molecule has 0 aliphatic heterocycles. The summed E-state index contributed by atoms with van der Waals surface area (Å²) in [6.45, 7) is 1.71. The molecule has 0 spiro atoms. The van der Waals surface area contributed by atoms with Crippen LogP contribution in [-0.4, -0.2) is 29.6 Å². The molecule has 0 unspecified atom stereocenters. The molecule has 1 aromatic rings. The number of amides is 1. The minimum absolute atomic E-state index is 0.0964. The third-order valence-electron chi connectivity index (χ3n) is 1.85. The average molecular weight is 237 g/mol. The molecule has 0 heterocycles. The summed E-state index contributed by atoms with van der Waals surface area (Å²) in [5, 5.41) is 10.9. The van der Waals surface area contributed by atoms with Crippen LogP contribution in [-0.2, 0) is 14.3 Å². The van der Waals surface area contributed by atoms with E-state index in [0.717, 1.165) is 0 Å². The Kier molecular flexibility index (Phi) is 4.21. The van der Waals surface area contributed by atoms with Crippen LogP contribution in [0.2, 0.25) is 0 Å². The van der Waals surface area contributed by atoms with Gasteiger partial charge in [0.2, 0.25) is 0 Å². The van der Waals surface area contributed by atoms with Gasteiger partial charge >= 0.3 is 17.8 Å². The molecule has 6 nitrogen and oxygen atoms in total. The van der Waals surface area contributed by atoms with Crippen LogP contribution in [0.3, 0.4) is 0 Å². The van der Waals surface area contributed by atoms with Gasteiger partial charge in [-0.05, 0) is 31.2 Å². The Balaban J connectivity index is 2.66. The number of ether oxygens (including phenoxy) is 1. The molecule has 0 aromatic heterocycles. The fourth-order valence-corrected chi connectivity index (χ4v) is 1.07. The third kappa shape index (κ3) is 3.60. The van der Waals surface area contributed by atoms with Crippen LogP contribution in [0.1, 0.15) is 17.3 Å². The van der Waals surface area contributed by atoms with Crippen molar-refractivity contribution in [2.75, 3.05) is 11.9 Å². The molecule has 0 aliphatic rings. The second kappa shape index (κ2) is 5.64. The van der Waals surface area contributed by atoms with Gasteiger partial charge in [0.25, 0.3) is 0 Å². The number of carbonyl (C=O) groups is 3. The first-order chi connectivity index (χ1) is 8.04. The Morgan fingerprint density at radius 1 is 1.24 bits per heavy atom. The van der Waals surface area contributed by atoms with Crippen molar-refractivity contribution >= 4 is 23.5 Å². The molecule has 0 saturated carbocycles. The summed E-state index contributed by atoms with van der Waals surface area (Å²) in [6.07, 6.45) is 0. The zero-order valence-corrected chi connectivity index (χ0v) is 9.10. The van der Waals surface area contributed by atoms with Gasteiger partial charge in [-0.1, -0.05) is 0 Å². The number of hydrogen-bond acceptors (Lipinski definition) is 4. The summed E-state index contributed by atoms with van der Waals surface area (Å²) in [5.41, 5.74) is 0.423. The number of hydrogen-bond donors (Lipinski definition) is 2. The molecule has 2 N–H and O–H groups in total. The molecule has 90 valence electrons. The second-order valence-corrected chi connectivity index (χ2v) is 3.06. The molecule has 1 aromatic carbocycles. The highest BCUT2D eigenvalue weighted by molar-refractivity contribution is 6.37. The highest BCUT2D eigenvalue weighted by Crippen LogP contribution is 2.09. The maximum absolute atomic E-state index is 11.2. The SMILES string of the molecule is CCOC(=O)C(=O)Nc1ccc(C(=O)O)cc1. The van der Waals surface area contributed by atoms with E-state index in [4.69, 9.17) is 5.11 Å². The first kappa shape index (κ1) is 12.7. The summed E-state index contributed by atoms with van der Waals surface area (Å²) in [6, 6.07) is 5.42. The van der Waals surface area contributed by atoms with Gasteiger partial charge in [-0.2, -0.15) is 0 Å². The number of anilines is 1. The highest BCUT2D eigenvalue weighted by Gasteiger charge is 2.14. The molecule has 0 bridgehead atoms. The molecule has 17 heavy (non-hydrogen) atoms. The van der Waals surface area contributed by atoms with E-state index in [9.17, 15) is 14.4 Å². The van der Waals surface area contributed by atoms with Gasteiger partial charge in [0.1, 0.15) is 0 Å². The highest BCUT2D eigenvalue weighted by atomic mass is 16.5. The van der Waals surface area contributed by atoms with E-state index < -0.39 is 17.8 Å².